The van der Waals surface area contributed by atoms with Crippen LogP contribution in [0.2, 0.25) is 0 Å². The molecule has 1 saturated heterocycles. The van der Waals surface area contributed by atoms with E-state index in [1.54, 1.807) is 31.2 Å². The van der Waals surface area contributed by atoms with Crippen LogP contribution in [0.4, 0.5) is 0 Å². The van der Waals surface area contributed by atoms with E-state index >= 15 is 0 Å². The number of carbonyl (C=O) groups excluding carboxylic acids is 1. The lowest BCUT2D eigenvalue weighted by Gasteiger charge is -2.14. The fourth-order valence-electron chi connectivity index (χ4n) is 2.81. The first-order valence-electron chi connectivity index (χ1n) is 8.00. The van der Waals surface area contributed by atoms with Crippen molar-refractivity contribution in [2.24, 2.45) is 0 Å². The predicted octanol–water partition coefficient (Wildman–Crippen LogP) is 1.79. The van der Waals surface area contributed by atoms with Crippen LogP contribution in [0, 0.1) is 13.8 Å². The highest BCUT2D eigenvalue weighted by molar-refractivity contribution is 7.91. The first kappa shape index (κ1) is 17.5. The smallest absolute Gasteiger partial charge is 0.255 e. The molecular formula is C17H20N2O5S. The monoisotopic (exact) mass is 364 g/mol. The SMILES string of the molecule is Cc1noc(C)c1COc1ccccc1C(=O)NC1CCS(=O)(=O)C1. The van der Waals surface area contributed by atoms with Crippen LogP contribution in [0.25, 0.3) is 0 Å². The second kappa shape index (κ2) is 6.87. The van der Waals surface area contributed by atoms with Crippen LogP contribution in [0.3, 0.4) is 0 Å². The van der Waals surface area contributed by atoms with Crippen molar-refractivity contribution in [3.8, 4) is 5.75 Å². The van der Waals surface area contributed by atoms with Gasteiger partial charge in [0.1, 0.15) is 18.1 Å². The topological polar surface area (TPSA) is 98.5 Å². The molecule has 0 spiro atoms. The maximum absolute atomic E-state index is 12.5. The Hall–Kier alpha value is -2.35. The number of nitrogens with one attached hydrogen (secondary N) is 1. The van der Waals surface area contributed by atoms with Crippen LogP contribution in [-0.2, 0) is 16.4 Å². The van der Waals surface area contributed by atoms with Crippen molar-refractivity contribution in [3.63, 3.8) is 0 Å². The number of ether oxygens (including phenoxy) is 1. The summed E-state index contributed by atoms with van der Waals surface area (Å²) in [4.78, 5) is 12.5. The third-order valence-corrected chi connectivity index (χ3v) is 6.02. The number of aryl methyl sites for hydroxylation is 2. The minimum absolute atomic E-state index is 0.0131. The Bertz CT molecular complexity index is 869. The molecule has 0 radical (unpaired) electrons. The summed E-state index contributed by atoms with van der Waals surface area (Å²) in [5.74, 6) is 0.871. The van der Waals surface area contributed by atoms with E-state index in [9.17, 15) is 13.2 Å². The third-order valence-electron chi connectivity index (χ3n) is 4.25. The summed E-state index contributed by atoms with van der Waals surface area (Å²) in [5, 5.41) is 6.66. The summed E-state index contributed by atoms with van der Waals surface area (Å²) in [7, 11) is -3.05. The molecule has 1 aliphatic heterocycles. The molecule has 1 N–H and O–H groups in total. The Morgan fingerprint density at radius 2 is 2.12 bits per heavy atom. The van der Waals surface area contributed by atoms with Gasteiger partial charge in [-0.15, -0.1) is 0 Å². The molecule has 1 atom stereocenters. The lowest BCUT2D eigenvalue weighted by atomic mass is 10.1. The van der Waals surface area contributed by atoms with Crippen molar-refractivity contribution in [1.82, 2.24) is 10.5 Å². The summed E-state index contributed by atoms with van der Waals surface area (Å²) in [6.45, 7) is 3.87. The van der Waals surface area contributed by atoms with Crippen LogP contribution < -0.4 is 10.1 Å². The van der Waals surface area contributed by atoms with Gasteiger partial charge < -0.3 is 14.6 Å². The van der Waals surface area contributed by atoms with E-state index in [0.717, 1.165) is 11.3 Å². The summed E-state index contributed by atoms with van der Waals surface area (Å²) in [5.41, 5.74) is 1.96. The molecule has 134 valence electrons. The summed E-state index contributed by atoms with van der Waals surface area (Å²) in [6.07, 6.45) is 0.441. The highest BCUT2D eigenvalue weighted by atomic mass is 32.2. The molecule has 1 fully saturated rings. The molecule has 1 unspecified atom stereocenters. The van der Waals surface area contributed by atoms with Crippen molar-refractivity contribution in [2.45, 2.75) is 32.9 Å². The lowest BCUT2D eigenvalue weighted by molar-refractivity contribution is 0.0936. The normalized spacial score (nSPS) is 18.9. The molecule has 2 aromatic rings. The third kappa shape index (κ3) is 4.01. The number of benzene rings is 1. The van der Waals surface area contributed by atoms with Gasteiger partial charge in [0.25, 0.3) is 5.91 Å². The van der Waals surface area contributed by atoms with Gasteiger partial charge in [-0.05, 0) is 32.4 Å². The van der Waals surface area contributed by atoms with Gasteiger partial charge in [-0.2, -0.15) is 0 Å². The van der Waals surface area contributed by atoms with Gasteiger partial charge >= 0.3 is 0 Å². The van der Waals surface area contributed by atoms with E-state index in [4.69, 9.17) is 9.26 Å². The van der Waals surface area contributed by atoms with E-state index in [0.29, 0.717) is 23.5 Å². The zero-order chi connectivity index (χ0) is 18.0. The summed E-state index contributed by atoms with van der Waals surface area (Å²) in [6, 6.07) is 6.52. The van der Waals surface area contributed by atoms with E-state index in [1.807, 2.05) is 6.92 Å². The fraction of sp³-hybridized carbons (Fsp3) is 0.412. The minimum atomic E-state index is -3.05. The van der Waals surface area contributed by atoms with Crippen LogP contribution in [0.15, 0.2) is 28.8 Å². The zero-order valence-electron chi connectivity index (χ0n) is 14.1. The Labute approximate surface area is 146 Å². The van der Waals surface area contributed by atoms with Gasteiger partial charge in [-0.25, -0.2) is 8.42 Å². The number of aromatic nitrogens is 1. The first-order chi connectivity index (χ1) is 11.9. The van der Waals surface area contributed by atoms with E-state index in [1.165, 1.54) is 0 Å². The molecule has 7 nitrogen and oxygen atoms in total. The largest absolute Gasteiger partial charge is 0.488 e. The maximum atomic E-state index is 12.5. The molecular weight excluding hydrogens is 344 g/mol. The quantitative estimate of drug-likeness (QED) is 0.868. The Kier molecular flexibility index (Phi) is 4.80. The van der Waals surface area contributed by atoms with Crippen molar-refractivity contribution < 1.29 is 22.5 Å². The lowest BCUT2D eigenvalue weighted by Crippen LogP contribution is -2.35. The maximum Gasteiger partial charge on any atom is 0.255 e. The molecule has 8 heteroatoms. The molecule has 0 saturated carbocycles. The number of hydrogen-bond donors (Lipinski definition) is 1. The van der Waals surface area contributed by atoms with E-state index in [-0.39, 0.29) is 30.1 Å². The average Bonchev–Trinajstić information content (AvgIpc) is 3.07. The van der Waals surface area contributed by atoms with Crippen LogP contribution in [0.1, 0.15) is 33.8 Å². The number of amides is 1. The number of nitrogens with zero attached hydrogens (tertiary/aromatic N) is 1. The van der Waals surface area contributed by atoms with Gasteiger partial charge in [0.15, 0.2) is 9.84 Å². The Morgan fingerprint density at radius 1 is 1.36 bits per heavy atom. The fourth-order valence-corrected chi connectivity index (χ4v) is 4.48. The molecule has 0 aliphatic carbocycles. The van der Waals surface area contributed by atoms with Crippen molar-refractivity contribution >= 4 is 15.7 Å². The van der Waals surface area contributed by atoms with Gasteiger partial charge in [0, 0.05) is 6.04 Å². The highest BCUT2D eigenvalue weighted by Crippen LogP contribution is 2.22. The zero-order valence-corrected chi connectivity index (χ0v) is 14.9. The van der Waals surface area contributed by atoms with Crippen molar-refractivity contribution in [3.05, 3.63) is 46.8 Å². The van der Waals surface area contributed by atoms with Gasteiger partial charge in [0.05, 0.1) is 28.3 Å². The van der Waals surface area contributed by atoms with E-state index < -0.39 is 9.84 Å². The highest BCUT2D eigenvalue weighted by Gasteiger charge is 2.29. The second-order valence-corrected chi connectivity index (χ2v) is 8.39. The van der Waals surface area contributed by atoms with Gasteiger partial charge in [-0.3, -0.25) is 4.79 Å². The standard InChI is InChI=1S/C17H20N2O5S/c1-11-15(12(2)24-19-11)9-23-16-6-4-3-5-14(16)17(20)18-13-7-8-25(21,22)10-13/h3-6,13H,7-10H2,1-2H3,(H,18,20). The number of hydrogen-bond acceptors (Lipinski definition) is 6. The predicted molar refractivity (Wildman–Crippen MR) is 91.3 cm³/mol. The molecule has 25 heavy (non-hydrogen) atoms. The second-order valence-electron chi connectivity index (χ2n) is 6.16. The minimum Gasteiger partial charge on any atom is -0.488 e. The van der Waals surface area contributed by atoms with Crippen LogP contribution in [-0.4, -0.2) is 37.0 Å². The molecule has 1 aliphatic rings. The van der Waals surface area contributed by atoms with E-state index in [2.05, 4.69) is 10.5 Å². The Balaban J connectivity index is 1.71. The molecule has 2 heterocycles. The summed E-state index contributed by atoms with van der Waals surface area (Å²) >= 11 is 0. The first-order valence-corrected chi connectivity index (χ1v) is 9.83. The van der Waals surface area contributed by atoms with Crippen molar-refractivity contribution in [1.29, 1.82) is 0 Å². The summed E-state index contributed by atoms with van der Waals surface area (Å²) < 4.78 is 34.0. The number of carbonyl (C=O) groups is 1. The van der Waals surface area contributed by atoms with Gasteiger partial charge in [0.2, 0.25) is 0 Å². The average molecular weight is 364 g/mol. The number of rotatable bonds is 5. The Morgan fingerprint density at radius 3 is 2.76 bits per heavy atom. The molecule has 3 rings (SSSR count). The molecule has 1 aromatic carbocycles. The molecule has 0 bridgehead atoms. The van der Waals surface area contributed by atoms with Crippen LogP contribution in [0.5, 0.6) is 5.75 Å². The number of sulfone groups is 1. The number of para-hydroxylation sites is 1. The molecule has 1 amide bonds. The van der Waals surface area contributed by atoms with Crippen LogP contribution >= 0.6 is 0 Å². The van der Waals surface area contributed by atoms with Gasteiger partial charge in [-0.1, -0.05) is 17.3 Å². The van der Waals surface area contributed by atoms with Crippen molar-refractivity contribution in [2.75, 3.05) is 11.5 Å². The molecule has 1 aromatic heterocycles.